The number of aldehydes is 1. The Labute approximate surface area is 108 Å². The van der Waals surface area contributed by atoms with Crippen LogP contribution in [0.2, 0.25) is 5.02 Å². The zero-order valence-electron chi connectivity index (χ0n) is 9.51. The van der Waals surface area contributed by atoms with E-state index in [2.05, 4.69) is 0 Å². The molecular weight excluding hydrogens is 258 g/mol. The summed E-state index contributed by atoms with van der Waals surface area (Å²) in [7, 11) is 0. The highest BCUT2D eigenvalue weighted by Gasteiger charge is 2.13. The van der Waals surface area contributed by atoms with Gasteiger partial charge in [0.2, 0.25) is 0 Å². The number of rotatable bonds is 2. The fourth-order valence-electron chi connectivity index (χ4n) is 1.66. The molecule has 0 saturated heterocycles. The highest BCUT2D eigenvalue weighted by Crippen LogP contribution is 2.29. The maximum Gasteiger partial charge on any atom is 0.166 e. The molecule has 0 heterocycles. The Bertz CT molecular complexity index is 623. The van der Waals surface area contributed by atoms with Gasteiger partial charge in [0.1, 0.15) is 0 Å². The second-order valence-electron chi connectivity index (χ2n) is 3.91. The van der Waals surface area contributed by atoms with Crippen LogP contribution in [0.1, 0.15) is 15.9 Å². The molecule has 2 aromatic rings. The Balaban J connectivity index is 2.59. The number of hydrogen-bond acceptors (Lipinski definition) is 1. The third kappa shape index (κ3) is 2.14. The van der Waals surface area contributed by atoms with Crippen LogP contribution in [0.5, 0.6) is 0 Å². The molecule has 92 valence electrons. The van der Waals surface area contributed by atoms with Gasteiger partial charge in [0.25, 0.3) is 0 Å². The molecule has 0 radical (unpaired) electrons. The molecule has 4 heteroatoms. The van der Waals surface area contributed by atoms with E-state index in [9.17, 15) is 13.6 Å². The van der Waals surface area contributed by atoms with Gasteiger partial charge in [-0.3, -0.25) is 4.79 Å². The number of hydrogen-bond donors (Lipinski definition) is 0. The summed E-state index contributed by atoms with van der Waals surface area (Å²) in [4.78, 5) is 10.6. The maximum absolute atomic E-state index is 13.8. The smallest absolute Gasteiger partial charge is 0.166 e. The van der Waals surface area contributed by atoms with Crippen LogP contribution in [0.25, 0.3) is 11.1 Å². The summed E-state index contributed by atoms with van der Waals surface area (Å²) in [5.74, 6) is -1.78. The first-order valence-electron chi connectivity index (χ1n) is 5.24. The molecule has 0 unspecified atom stereocenters. The summed E-state index contributed by atoms with van der Waals surface area (Å²) < 4.78 is 27.2. The topological polar surface area (TPSA) is 17.1 Å². The van der Waals surface area contributed by atoms with Crippen molar-refractivity contribution in [3.05, 3.63) is 58.1 Å². The standard InChI is InChI=1S/C14H9ClF2O/c1-8-2-5-11(14(17)13(8)16)9-3-4-10(7-18)12(15)6-9/h2-7H,1H3. The van der Waals surface area contributed by atoms with E-state index in [1.54, 1.807) is 0 Å². The Morgan fingerprint density at radius 3 is 2.44 bits per heavy atom. The van der Waals surface area contributed by atoms with Crippen molar-refractivity contribution < 1.29 is 13.6 Å². The van der Waals surface area contributed by atoms with Gasteiger partial charge in [-0.25, -0.2) is 8.78 Å². The Morgan fingerprint density at radius 2 is 1.83 bits per heavy atom. The number of carbonyl (C=O) groups excluding carboxylic acids is 1. The van der Waals surface area contributed by atoms with Crippen LogP contribution in [0.15, 0.2) is 30.3 Å². The van der Waals surface area contributed by atoms with Gasteiger partial charge in [0, 0.05) is 11.1 Å². The molecule has 0 fully saturated rings. The molecular formula is C14H9ClF2O. The predicted molar refractivity (Wildman–Crippen MR) is 66.9 cm³/mol. The first-order valence-corrected chi connectivity index (χ1v) is 5.62. The predicted octanol–water partition coefficient (Wildman–Crippen LogP) is 4.41. The molecule has 2 aromatic carbocycles. The van der Waals surface area contributed by atoms with Gasteiger partial charge in [0.15, 0.2) is 17.9 Å². The summed E-state index contributed by atoms with van der Waals surface area (Å²) >= 11 is 5.86. The van der Waals surface area contributed by atoms with Crippen LogP contribution in [-0.4, -0.2) is 6.29 Å². The monoisotopic (exact) mass is 266 g/mol. The zero-order chi connectivity index (χ0) is 13.3. The first kappa shape index (κ1) is 12.7. The summed E-state index contributed by atoms with van der Waals surface area (Å²) in [5, 5.41) is 0.211. The second kappa shape index (κ2) is 4.86. The molecule has 0 aliphatic rings. The Hall–Kier alpha value is -1.74. The average Bonchev–Trinajstić information content (AvgIpc) is 2.36. The molecule has 0 saturated carbocycles. The van der Waals surface area contributed by atoms with Crippen molar-refractivity contribution in [1.29, 1.82) is 0 Å². The van der Waals surface area contributed by atoms with E-state index in [1.807, 2.05) is 0 Å². The van der Waals surface area contributed by atoms with Crippen molar-refractivity contribution in [3.63, 3.8) is 0 Å². The normalized spacial score (nSPS) is 10.4. The third-order valence-electron chi connectivity index (χ3n) is 2.71. The minimum atomic E-state index is -0.912. The van der Waals surface area contributed by atoms with Crippen LogP contribution in [0, 0.1) is 18.6 Å². The Kier molecular flexibility index (Phi) is 3.43. The molecule has 18 heavy (non-hydrogen) atoms. The number of halogens is 3. The molecule has 0 N–H and O–H groups in total. The van der Waals surface area contributed by atoms with Gasteiger partial charge in [-0.2, -0.15) is 0 Å². The number of carbonyl (C=O) groups is 1. The van der Waals surface area contributed by atoms with Crippen LogP contribution >= 0.6 is 11.6 Å². The van der Waals surface area contributed by atoms with E-state index in [4.69, 9.17) is 11.6 Å². The van der Waals surface area contributed by atoms with Crippen LogP contribution in [0.4, 0.5) is 8.78 Å². The van der Waals surface area contributed by atoms with E-state index in [0.717, 1.165) is 0 Å². The van der Waals surface area contributed by atoms with Crippen molar-refractivity contribution in [1.82, 2.24) is 0 Å². The number of aryl methyl sites for hydroxylation is 1. The van der Waals surface area contributed by atoms with Gasteiger partial charge in [0.05, 0.1) is 5.02 Å². The van der Waals surface area contributed by atoms with Crippen molar-refractivity contribution >= 4 is 17.9 Å². The largest absolute Gasteiger partial charge is 0.298 e. The van der Waals surface area contributed by atoms with Gasteiger partial charge in [-0.15, -0.1) is 0 Å². The average molecular weight is 267 g/mol. The van der Waals surface area contributed by atoms with E-state index >= 15 is 0 Å². The third-order valence-corrected chi connectivity index (χ3v) is 3.04. The van der Waals surface area contributed by atoms with Gasteiger partial charge < -0.3 is 0 Å². The van der Waals surface area contributed by atoms with E-state index in [1.165, 1.54) is 37.3 Å². The molecule has 0 atom stereocenters. The summed E-state index contributed by atoms with van der Waals surface area (Å²) in [6, 6.07) is 7.43. The van der Waals surface area contributed by atoms with Crippen LogP contribution < -0.4 is 0 Å². The fraction of sp³-hybridized carbons (Fsp3) is 0.0714. The zero-order valence-corrected chi connectivity index (χ0v) is 10.3. The molecule has 0 aliphatic heterocycles. The van der Waals surface area contributed by atoms with Crippen LogP contribution in [0.3, 0.4) is 0 Å². The Morgan fingerprint density at radius 1 is 1.11 bits per heavy atom. The molecule has 0 aromatic heterocycles. The van der Waals surface area contributed by atoms with Crippen LogP contribution in [-0.2, 0) is 0 Å². The highest BCUT2D eigenvalue weighted by molar-refractivity contribution is 6.33. The lowest BCUT2D eigenvalue weighted by molar-refractivity contribution is 0.112. The second-order valence-corrected chi connectivity index (χ2v) is 4.32. The summed E-state index contributed by atoms with van der Waals surface area (Å²) in [6.07, 6.45) is 0.609. The fourth-order valence-corrected chi connectivity index (χ4v) is 1.88. The van der Waals surface area contributed by atoms with Gasteiger partial charge in [-0.05, 0) is 30.2 Å². The van der Waals surface area contributed by atoms with Crippen molar-refractivity contribution in [2.24, 2.45) is 0 Å². The minimum absolute atomic E-state index is 0.123. The quantitative estimate of drug-likeness (QED) is 0.736. The van der Waals surface area contributed by atoms with E-state index in [-0.39, 0.29) is 16.1 Å². The minimum Gasteiger partial charge on any atom is -0.298 e. The lowest BCUT2D eigenvalue weighted by atomic mass is 10.0. The molecule has 2 rings (SSSR count). The van der Waals surface area contributed by atoms with E-state index < -0.39 is 11.6 Å². The summed E-state index contributed by atoms with van der Waals surface area (Å²) in [5.41, 5.74) is 1.11. The van der Waals surface area contributed by atoms with Crippen molar-refractivity contribution in [2.75, 3.05) is 0 Å². The van der Waals surface area contributed by atoms with Gasteiger partial charge >= 0.3 is 0 Å². The molecule has 0 aliphatic carbocycles. The van der Waals surface area contributed by atoms with Crippen molar-refractivity contribution in [3.8, 4) is 11.1 Å². The lowest BCUT2D eigenvalue weighted by Crippen LogP contribution is -1.93. The molecule has 0 amide bonds. The van der Waals surface area contributed by atoms with Crippen molar-refractivity contribution in [2.45, 2.75) is 6.92 Å². The SMILES string of the molecule is Cc1ccc(-c2ccc(C=O)c(Cl)c2)c(F)c1F. The summed E-state index contributed by atoms with van der Waals surface area (Å²) in [6.45, 7) is 1.49. The molecule has 0 spiro atoms. The molecule has 0 bridgehead atoms. The highest BCUT2D eigenvalue weighted by atomic mass is 35.5. The van der Waals surface area contributed by atoms with Gasteiger partial charge in [-0.1, -0.05) is 29.8 Å². The first-order chi connectivity index (χ1) is 8.54. The lowest BCUT2D eigenvalue weighted by Gasteiger charge is -2.07. The maximum atomic E-state index is 13.8. The number of benzene rings is 2. The van der Waals surface area contributed by atoms with E-state index in [0.29, 0.717) is 17.4 Å². The molecule has 1 nitrogen and oxygen atoms in total.